The summed E-state index contributed by atoms with van der Waals surface area (Å²) in [5.41, 5.74) is 0. The molecule has 0 radical (unpaired) electrons. The summed E-state index contributed by atoms with van der Waals surface area (Å²) in [6.07, 6.45) is 0. The number of nitrogens with zero attached hydrogens (tertiary/aromatic N) is 1. The van der Waals surface area contributed by atoms with Crippen molar-refractivity contribution in [1.29, 1.82) is 0 Å². The molecule has 82 valence electrons. The minimum absolute atomic E-state index is 0.604. The van der Waals surface area contributed by atoms with Gasteiger partial charge in [-0.25, -0.2) is 0 Å². The zero-order valence-electron chi connectivity index (χ0n) is 10.2. The summed E-state index contributed by atoms with van der Waals surface area (Å²) in [4.78, 5) is 5.78. The Morgan fingerprint density at radius 2 is 1.57 bits per heavy atom. The van der Waals surface area contributed by atoms with Gasteiger partial charge in [-0.3, -0.25) is 0 Å². The van der Waals surface area contributed by atoms with Crippen molar-refractivity contribution in [2.24, 2.45) is 22.7 Å². The van der Waals surface area contributed by atoms with Crippen LogP contribution in [0.3, 0.4) is 0 Å². The molecule has 2 atom stereocenters. The van der Waals surface area contributed by atoms with Crippen LogP contribution in [0.2, 0.25) is 4.82 Å². The van der Waals surface area contributed by atoms with E-state index in [1.807, 2.05) is 0 Å². The van der Waals surface area contributed by atoms with Crippen LogP contribution in [0.1, 0.15) is 41.5 Å². The van der Waals surface area contributed by atoms with E-state index >= 15 is 0 Å². The first kappa shape index (κ1) is 12.3. The molecule has 0 saturated carbocycles. The third kappa shape index (κ3) is 2.61. The Morgan fingerprint density at radius 3 is 1.86 bits per heavy atom. The van der Waals surface area contributed by atoms with Gasteiger partial charge in [0.15, 0.2) is 0 Å². The van der Waals surface area contributed by atoms with Crippen LogP contribution in [-0.4, -0.2) is 25.6 Å². The zero-order valence-corrected chi connectivity index (χ0v) is 12.0. The third-order valence-electron chi connectivity index (χ3n) is 2.70. The fraction of sp³-hybridized carbons (Fsp3) is 0.917. The average Bonchev–Trinajstić information content (AvgIpc) is 2.47. The Labute approximate surface area is 94.9 Å². The Morgan fingerprint density at radius 1 is 1.00 bits per heavy atom. The first-order chi connectivity index (χ1) is 6.43. The summed E-state index contributed by atoms with van der Waals surface area (Å²) in [6.45, 7) is 13.9. The summed E-state index contributed by atoms with van der Waals surface area (Å²) in [7, 11) is 0. The number of hydrogen-bond acceptors (Lipinski definition) is 1. The van der Waals surface area contributed by atoms with Crippen LogP contribution in [0.4, 0.5) is 0 Å². The maximum absolute atomic E-state index is 4.93. The minimum atomic E-state index is 0.604. The zero-order chi connectivity index (χ0) is 10.9. The van der Waals surface area contributed by atoms with Crippen LogP contribution < -0.4 is 0 Å². The van der Waals surface area contributed by atoms with E-state index in [1.54, 1.807) is 0 Å². The molecule has 0 bridgehead atoms. The van der Waals surface area contributed by atoms with Crippen LogP contribution in [0, 0.1) is 17.8 Å². The van der Waals surface area contributed by atoms with Gasteiger partial charge in [0.25, 0.3) is 0 Å². The Hall–Kier alpha value is 0.189. The Balaban J connectivity index is 2.76. The van der Waals surface area contributed by atoms with Gasteiger partial charge in [0.2, 0.25) is 0 Å². The van der Waals surface area contributed by atoms with E-state index in [4.69, 9.17) is 4.99 Å². The molecule has 0 saturated heterocycles. The molecular weight excluding hydrogens is 237 g/mol. The maximum atomic E-state index is 4.93. The number of hydrogen-bond donors (Lipinski definition) is 0. The van der Waals surface area contributed by atoms with Gasteiger partial charge in [-0.2, -0.15) is 0 Å². The first-order valence-corrected chi connectivity index (χ1v) is 7.52. The predicted molar refractivity (Wildman–Crippen MR) is 65.2 cm³/mol. The Kier molecular flexibility index (Phi) is 4.21. The van der Waals surface area contributed by atoms with E-state index in [9.17, 15) is 0 Å². The fourth-order valence-corrected chi connectivity index (χ4v) is 4.99. The van der Waals surface area contributed by atoms with Crippen molar-refractivity contribution in [3.63, 3.8) is 0 Å². The quantitative estimate of drug-likeness (QED) is 0.691. The van der Waals surface area contributed by atoms with Gasteiger partial charge in [0.05, 0.1) is 0 Å². The number of rotatable bonds is 3. The van der Waals surface area contributed by atoms with Gasteiger partial charge in [0, 0.05) is 0 Å². The monoisotopic (exact) mass is 261 g/mol. The van der Waals surface area contributed by atoms with Crippen molar-refractivity contribution < 1.29 is 0 Å². The van der Waals surface area contributed by atoms with E-state index in [-0.39, 0.29) is 0 Å². The summed E-state index contributed by atoms with van der Waals surface area (Å²) in [5, 5.41) is 0. The van der Waals surface area contributed by atoms with Crippen LogP contribution in [0.25, 0.3) is 0 Å². The molecule has 2 heteroatoms. The third-order valence-corrected chi connectivity index (χ3v) is 6.72. The van der Waals surface area contributed by atoms with Gasteiger partial charge in [-0.1, -0.05) is 0 Å². The Bertz CT molecular complexity index is 218. The molecular formula is C12H23NSe. The van der Waals surface area contributed by atoms with E-state index in [0.29, 0.717) is 32.8 Å². The second-order valence-electron chi connectivity index (χ2n) is 5.18. The van der Waals surface area contributed by atoms with Crippen molar-refractivity contribution in [2.45, 2.75) is 52.4 Å². The van der Waals surface area contributed by atoms with Crippen LogP contribution in [0.15, 0.2) is 4.99 Å². The standard InChI is InChI=1S/C12H23NSe/c1-7(2)10-11(8(3)4)14-12(13-10)9(5)6/h7-11H,1-6H3. The molecule has 14 heavy (non-hydrogen) atoms. The van der Waals surface area contributed by atoms with E-state index in [2.05, 4.69) is 41.5 Å². The molecule has 1 rings (SSSR count). The molecule has 1 nitrogen and oxygen atoms in total. The van der Waals surface area contributed by atoms with Gasteiger partial charge in [-0.15, -0.1) is 0 Å². The number of aliphatic imine (C=N–C) groups is 1. The summed E-state index contributed by atoms with van der Waals surface area (Å²) in [6, 6.07) is 0.604. The van der Waals surface area contributed by atoms with E-state index in [0.717, 1.165) is 10.7 Å². The predicted octanol–water partition coefficient (Wildman–Crippen LogP) is 3.23. The summed E-state index contributed by atoms with van der Waals surface area (Å²) < 4.78 is 1.51. The normalized spacial score (nSPS) is 27.9. The molecule has 1 heterocycles. The second kappa shape index (κ2) is 4.81. The molecule has 0 aliphatic carbocycles. The van der Waals surface area contributed by atoms with Gasteiger partial charge in [-0.05, 0) is 0 Å². The molecule has 1 aliphatic heterocycles. The van der Waals surface area contributed by atoms with Crippen molar-refractivity contribution in [2.75, 3.05) is 0 Å². The van der Waals surface area contributed by atoms with E-state index in [1.165, 1.54) is 4.61 Å². The summed E-state index contributed by atoms with van der Waals surface area (Å²) in [5.74, 6) is 2.17. The topological polar surface area (TPSA) is 12.4 Å². The summed E-state index contributed by atoms with van der Waals surface area (Å²) >= 11 is 0.650. The fourth-order valence-electron chi connectivity index (χ4n) is 1.80. The molecule has 2 unspecified atom stereocenters. The first-order valence-electron chi connectivity index (χ1n) is 5.67. The van der Waals surface area contributed by atoms with Crippen LogP contribution in [-0.2, 0) is 0 Å². The average molecular weight is 260 g/mol. The molecule has 0 fully saturated rings. The van der Waals surface area contributed by atoms with Crippen molar-refractivity contribution >= 4 is 19.6 Å². The van der Waals surface area contributed by atoms with Gasteiger partial charge < -0.3 is 0 Å². The molecule has 0 N–H and O–H groups in total. The molecule has 0 spiro atoms. The van der Waals surface area contributed by atoms with Crippen molar-refractivity contribution in [3.8, 4) is 0 Å². The molecule has 0 amide bonds. The van der Waals surface area contributed by atoms with Crippen LogP contribution >= 0.6 is 0 Å². The molecule has 0 aromatic carbocycles. The van der Waals surface area contributed by atoms with Crippen LogP contribution in [0.5, 0.6) is 0 Å². The van der Waals surface area contributed by atoms with Crippen molar-refractivity contribution in [3.05, 3.63) is 0 Å². The molecule has 0 aromatic heterocycles. The van der Waals surface area contributed by atoms with E-state index < -0.39 is 0 Å². The van der Waals surface area contributed by atoms with Gasteiger partial charge in [0.1, 0.15) is 0 Å². The SMILES string of the molecule is CC(C)C1=NC(C(C)C)C(C(C)C)[Se]1. The molecule has 0 aromatic rings. The van der Waals surface area contributed by atoms with Gasteiger partial charge >= 0.3 is 94.7 Å². The molecule has 1 aliphatic rings. The van der Waals surface area contributed by atoms with Crippen molar-refractivity contribution in [1.82, 2.24) is 0 Å². The second-order valence-corrected chi connectivity index (χ2v) is 7.70.